The minimum absolute atomic E-state index is 0.367. The van der Waals surface area contributed by atoms with Gasteiger partial charge in [-0.3, -0.25) is 9.72 Å². The van der Waals surface area contributed by atoms with Crippen LogP contribution in [0.5, 0.6) is 0 Å². The molecule has 0 bridgehead atoms. The maximum Gasteiger partial charge on any atom is 0.324 e. The topological polar surface area (TPSA) is 71.3 Å². The predicted octanol–water partition coefficient (Wildman–Crippen LogP) is 4.49. The Morgan fingerprint density at radius 1 is 1.04 bits per heavy atom. The van der Waals surface area contributed by atoms with Crippen molar-refractivity contribution in [2.24, 2.45) is 0 Å². The van der Waals surface area contributed by atoms with E-state index in [0.717, 1.165) is 16.8 Å². The highest BCUT2D eigenvalue weighted by Crippen LogP contribution is 2.28. The SMILES string of the molecule is Cc1ccc(-c2c(NC(=O)Nc3ccc(F)cc3)nc3ncccn23)cc1. The van der Waals surface area contributed by atoms with Crippen molar-refractivity contribution in [1.82, 2.24) is 14.4 Å². The molecule has 0 aliphatic rings. The Morgan fingerprint density at radius 3 is 2.52 bits per heavy atom. The zero-order valence-corrected chi connectivity index (χ0v) is 14.5. The summed E-state index contributed by atoms with van der Waals surface area (Å²) < 4.78 is 14.8. The molecule has 2 N–H and O–H groups in total. The van der Waals surface area contributed by atoms with Crippen molar-refractivity contribution in [2.45, 2.75) is 6.92 Å². The second-order valence-electron chi connectivity index (χ2n) is 6.05. The number of aromatic nitrogens is 3. The van der Waals surface area contributed by atoms with Crippen molar-refractivity contribution >= 4 is 23.3 Å². The van der Waals surface area contributed by atoms with Gasteiger partial charge >= 0.3 is 6.03 Å². The summed E-state index contributed by atoms with van der Waals surface area (Å²) >= 11 is 0. The average molecular weight is 361 g/mol. The molecule has 0 atom stereocenters. The first-order chi connectivity index (χ1) is 13.1. The van der Waals surface area contributed by atoms with Crippen molar-refractivity contribution in [1.29, 1.82) is 0 Å². The van der Waals surface area contributed by atoms with Gasteiger partial charge in [-0.1, -0.05) is 29.8 Å². The third-order valence-electron chi connectivity index (χ3n) is 4.06. The molecule has 4 aromatic rings. The van der Waals surface area contributed by atoms with Crippen molar-refractivity contribution in [3.05, 3.63) is 78.4 Å². The second-order valence-corrected chi connectivity index (χ2v) is 6.05. The Balaban J connectivity index is 1.68. The Labute approximate surface area is 154 Å². The smallest absolute Gasteiger partial charge is 0.308 e. The molecule has 2 aromatic carbocycles. The molecule has 0 saturated carbocycles. The molecule has 6 nitrogen and oxygen atoms in total. The van der Waals surface area contributed by atoms with Gasteiger partial charge in [-0.2, -0.15) is 4.98 Å². The van der Waals surface area contributed by atoms with Gasteiger partial charge in [-0.05, 0) is 37.3 Å². The third kappa shape index (κ3) is 3.48. The summed E-state index contributed by atoms with van der Waals surface area (Å²) in [6, 6.07) is 14.8. The van der Waals surface area contributed by atoms with Crippen LogP contribution in [0.2, 0.25) is 0 Å². The van der Waals surface area contributed by atoms with Crippen LogP contribution in [0, 0.1) is 12.7 Å². The zero-order valence-electron chi connectivity index (χ0n) is 14.5. The normalized spacial score (nSPS) is 10.7. The molecule has 2 heterocycles. The van der Waals surface area contributed by atoms with Gasteiger partial charge in [0, 0.05) is 23.6 Å². The fourth-order valence-corrected chi connectivity index (χ4v) is 2.76. The Morgan fingerprint density at radius 2 is 1.78 bits per heavy atom. The van der Waals surface area contributed by atoms with Crippen LogP contribution in [0.15, 0.2) is 67.0 Å². The number of hydrogen-bond acceptors (Lipinski definition) is 3. The van der Waals surface area contributed by atoms with Crippen LogP contribution in [0.25, 0.3) is 17.0 Å². The van der Waals surface area contributed by atoms with E-state index < -0.39 is 6.03 Å². The van der Waals surface area contributed by atoms with Gasteiger partial charge in [0.15, 0.2) is 5.82 Å². The Kier molecular flexibility index (Phi) is 4.25. The lowest BCUT2D eigenvalue weighted by molar-refractivity contribution is 0.262. The van der Waals surface area contributed by atoms with E-state index >= 15 is 0 Å². The second kappa shape index (κ2) is 6.87. The standard InChI is InChI=1S/C20H16FN5O/c1-13-3-5-14(6-4-13)17-18(24-19-22-11-2-12-26(17)19)25-20(27)23-16-9-7-15(21)8-10-16/h2-12H,1H3,(H2,23,25,27). The number of aryl methyl sites for hydroxylation is 1. The van der Waals surface area contributed by atoms with E-state index in [0.29, 0.717) is 17.3 Å². The van der Waals surface area contributed by atoms with E-state index in [1.807, 2.05) is 41.8 Å². The summed E-state index contributed by atoms with van der Waals surface area (Å²) in [5.74, 6) is 0.497. The van der Waals surface area contributed by atoms with Gasteiger partial charge in [0.2, 0.25) is 5.78 Å². The number of carbonyl (C=O) groups excluding carboxylic acids is 1. The van der Waals surface area contributed by atoms with Gasteiger partial charge in [0.25, 0.3) is 0 Å². The number of amides is 2. The molecule has 27 heavy (non-hydrogen) atoms. The van der Waals surface area contributed by atoms with Gasteiger partial charge in [-0.25, -0.2) is 14.2 Å². The van der Waals surface area contributed by atoms with Crippen molar-refractivity contribution < 1.29 is 9.18 Å². The fraction of sp³-hybridized carbons (Fsp3) is 0.0500. The van der Waals surface area contributed by atoms with E-state index in [9.17, 15) is 9.18 Å². The van der Waals surface area contributed by atoms with E-state index in [-0.39, 0.29) is 5.82 Å². The summed E-state index contributed by atoms with van der Waals surface area (Å²) in [6.45, 7) is 2.01. The first-order valence-corrected chi connectivity index (χ1v) is 8.34. The Bertz CT molecular complexity index is 1100. The molecule has 0 fully saturated rings. The third-order valence-corrected chi connectivity index (χ3v) is 4.06. The summed E-state index contributed by atoms with van der Waals surface area (Å²) in [5.41, 5.74) is 3.24. The molecule has 0 aliphatic heterocycles. The fourth-order valence-electron chi connectivity index (χ4n) is 2.76. The minimum atomic E-state index is -0.474. The van der Waals surface area contributed by atoms with Gasteiger partial charge in [0.1, 0.15) is 5.82 Å². The monoisotopic (exact) mass is 361 g/mol. The van der Waals surface area contributed by atoms with Crippen LogP contribution in [0.4, 0.5) is 20.7 Å². The number of imidazole rings is 1. The van der Waals surface area contributed by atoms with Crippen molar-refractivity contribution in [3.8, 4) is 11.3 Å². The molecular formula is C20H16FN5O. The number of carbonyl (C=O) groups is 1. The van der Waals surface area contributed by atoms with Crippen LogP contribution in [-0.2, 0) is 0 Å². The zero-order chi connectivity index (χ0) is 18.8. The summed E-state index contributed by atoms with van der Waals surface area (Å²) in [4.78, 5) is 21.1. The maximum atomic E-state index is 13.0. The highest BCUT2D eigenvalue weighted by molar-refractivity contribution is 6.01. The number of halogens is 1. The number of hydrogen-bond donors (Lipinski definition) is 2. The molecule has 0 saturated heterocycles. The number of nitrogens with one attached hydrogen (secondary N) is 2. The lowest BCUT2D eigenvalue weighted by Gasteiger charge is -2.09. The highest BCUT2D eigenvalue weighted by atomic mass is 19.1. The Hall–Kier alpha value is -3.74. The van der Waals surface area contributed by atoms with Crippen molar-refractivity contribution in [2.75, 3.05) is 10.6 Å². The molecule has 0 unspecified atom stereocenters. The lowest BCUT2D eigenvalue weighted by Crippen LogP contribution is -2.20. The molecule has 4 rings (SSSR count). The van der Waals surface area contributed by atoms with E-state index in [2.05, 4.69) is 20.6 Å². The number of urea groups is 1. The summed E-state index contributed by atoms with van der Waals surface area (Å²) in [5, 5.41) is 5.42. The molecule has 0 aliphatic carbocycles. The number of nitrogens with zero attached hydrogens (tertiary/aromatic N) is 3. The molecule has 2 aromatic heterocycles. The first-order valence-electron chi connectivity index (χ1n) is 8.34. The van der Waals surface area contributed by atoms with Crippen LogP contribution in [-0.4, -0.2) is 20.4 Å². The molecule has 0 radical (unpaired) electrons. The average Bonchev–Trinajstić information content (AvgIpc) is 3.02. The molecule has 134 valence electrons. The largest absolute Gasteiger partial charge is 0.324 e. The van der Waals surface area contributed by atoms with Crippen LogP contribution in [0.3, 0.4) is 0 Å². The quantitative estimate of drug-likeness (QED) is 0.565. The molecule has 2 amide bonds. The van der Waals surface area contributed by atoms with Crippen LogP contribution >= 0.6 is 0 Å². The molecule has 7 heteroatoms. The molecular weight excluding hydrogens is 345 g/mol. The van der Waals surface area contributed by atoms with E-state index in [4.69, 9.17) is 0 Å². The number of anilines is 2. The van der Waals surface area contributed by atoms with Crippen molar-refractivity contribution in [3.63, 3.8) is 0 Å². The summed E-state index contributed by atoms with van der Waals surface area (Å²) in [6.07, 6.45) is 3.48. The minimum Gasteiger partial charge on any atom is -0.308 e. The first kappa shape index (κ1) is 16.7. The van der Waals surface area contributed by atoms with Gasteiger partial charge in [0.05, 0.1) is 5.69 Å². The highest BCUT2D eigenvalue weighted by Gasteiger charge is 2.17. The number of rotatable bonds is 3. The van der Waals surface area contributed by atoms with E-state index in [1.54, 1.807) is 12.3 Å². The molecule has 0 spiro atoms. The van der Waals surface area contributed by atoms with Crippen LogP contribution in [0.1, 0.15) is 5.56 Å². The summed E-state index contributed by atoms with van der Waals surface area (Å²) in [7, 11) is 0. The lowest BCUT2D eigenvalue weighted by atomic mass is 10.1. The maximum absolute atomic E-state index is 13.0. The predicted molar refractivity (Wildman–Crippen MR) is 102 cm³/mol. The number of fused-ring (bicyclic) bond motifs is 1. The van der Waals surface area contributed by atoms with Gasteiger partial charge in [-0.15, -0.1) is 0 Å². The van der Waals surface area contributed by atoms with Gasteiger partial charge < -0.3 is 5.32 Å². The van der Waals surface area contributed by atoms with E-state index in [1.165, 1.54) is 24.3 Å². The van der Waals surface area contributed by atoms with Crippen LogP contribution < -0.4 is 10.6 Å². The number of benzene rings is 2.